The van der Waals surface area contributed by atoms with Crippen LogP contribution in [0.4, 0.5) is 15.9 Å². The van der Waals surface area contributed by atoms with Crippen LogP contribution in [0.15, 0.2) is 67.0 Å². The highest BCUT2D eigenvalue weighted by atomic mass is 19.1. The predicted molar refractivity (Wildman–Crippen MR) is 115 cm³/mol. The molecule has 2 aromatic heterocycles. The standard InChI is InChI=1S/C23H23FN4O2/c1-2-3-11-30-18-7-9-20(28-15-18)22(29)13-16-6-8-19(24)17(12-16)14-27-21-5-4-10-26-23(21)25/h2-10,12,15,27H,11,13-14H2,1H3,(H2,25,26)/b3-2+. The topological polar surface area (TPSA) is 90.1 Å². The van der Waals surface area contributed by atoms with Crippen LogP contribution in [0.1, 0.15) is 28.5 Å². The molecular formula is C23H23FN4O2. The summed E-state index contributed by atoms with van der Waals surface area (Å²) in [6.07, 6.45) is 7.00. The highest BCUT2D eigenvalue weighted by molar-refractivity contribution is 5.95. The minimum Gasteiger partial charge on any atom is -0.488 e. The predicted octanol–water partition coefficient (Wildman–Crippen LogP) is 4.19. The van der Waals surface area contributed by atoms with Crippen molar-refractivity contribution in [1.29, 1.82) is 0 Å². The Balaban J connectivity index is 1.64. The summed E-state index contributed by atoms with van der Waals surface area (Å²) >= 11 is 0. The summed E-state index contributed by atoms with van der Waals surface area (Å²) in [6.45, 7) is 2.58. The van der Waals surface area contributed by atoms with Crippen LogP contribution in [0.5, 0.6) is 5.75 Å². The van der Waals surface area contributed by atoms with Gasteiger partial charge in [0.25, 0.3) is 0 Å². The summed E-state index contributed by atoms with van der Waals surface area (Å²) < 4.78 is 19.7. The first-order valence-corrected chi connectivity index (χ1v) is 9.51. The van der Waals surface area contributed by atoms with Crippen molar-refractivity contribution in [1.82, 2.24) is 9.97 Å². The van der Waals surface area contributed by atoms with E-state index in [4.69, 9.17) is 10.5 Å². The van der Waals surface area contributed by atoms with Crippen molar-refractivity contribution < 1.29 is 13.9 Å². The zero-order valence-corrected chi connectivity index (χ0v) is 16.6. The lowest BCUT2D eigenvalue weighted by atomic mass is 10.0. The first-order valence-electron chi connectivity index (χ1n) is 9.51. The molecule has 3 rings (SSSR count). The third kappa shape index (κ3) is 5.64. The highest BCUT2D eigenvalue weighted by Gasteiger charge is 2.11. The van der Waals surface area contributed by atoms with Crippen molar-refractivity contribution in [3.63, 3.8) is 0 Å². The molecule has 0 aliphatic heterocycles. The molecule has 0 unspecified atom stereocenters. The number of nitrogens with one attached hydrogen (secondary N) is 1. The zero-order chi connectivity index (χ0) is 21.3. The lowest BCUT2D eigenvalue weighted by molar-refractivity contribution is 0.0988. The highest BCUT2D eigenvalue weighted by Crippen LogP contribution is 2.18. The number of anilines is 2. The van der Waals surface area contributed by atoms with Gasteiger partial charge in [0.1, 0.15) is 29.7 Å². The zero-order valence-electron chi connectivity index (χ0n) is 16.6. The Labute approximate surface area is 174 Å². The van der Waals surface area contributed by atoms with Gasteiger partial charge in [-0.2, -0.15) is 0 Å². The van der Waals surface area contributed by atoms with E-state index < -0.39 is 0 Å². The summed E-state index contributed by atoms with van der Waals surface area (Å²) in [7, 11) is 0. The van der Waals surface area contributed by atoms with E-state index >= 15 is 0 Å². The molecule has 3 aromatic rings. The Morgan fingerprint density at radius 3 is 2.83 bits per heavy atom. The number of nitrogens with zero attached hydrogens (tertiary/aromatic N) is 2. The Morgan fingerprint density at radius 1 is 1.23 bits per heavy atom. The van der Waals surface area contributed by atoms with E-state index in [1.54, 1.807) is 42.6 Å². The molecule has 30 heavy (non-hydrogen) atoms. The molecule has 0 spiro atoms. The van der Waals surface area contributed by atoms with E-state index in [2.05, 4.69) is 15.3 Å². The molecule has 2 heterocycles. The van der Waals surface area contributed by atoms with Gasteiger partial charge in [-0.3, -0.25) is 4.79 Å². The van der Waals surface area contributed by atoms with E-state index in [0.717, 1.165) is 0 Å². The number of allylic oxidation sites excluding steroid dienone is 1. The maximum Gasteiger partial charge on any atom is 0.185 e. The first kappa shape index (κ1) is 21.0. The van der Waals surface area contributed by atoms with Crippen LogP contribution in [0.2, 0.25) is 0 Å². The average molecular weight is 406 g/mol. The molecule has 0 radical (unpaired) electrons. The van der Waals surface area contributed by atoms with Gasteiger partial charge in [-0.25, -0.2) is 14.4 Å². The number of ether oxygens (including phenoxy) is 1. The third-order valence-corrected chi connectivity index (χ3v) is 4.39. The third-order valence-electron chi connectivity index (χ3n) is 4.39. The van der Waals surface area contributed by atoms with E-state index in [1.165, 1.54) is 12.3 Å². The number of carbonyl (C=O) groups is 1. The molecule has 0 fully saturated rings. The van der Waals surface area contributed by atoms with Gasteiger partial charge in [0.05, 0.1) is 11.9 Å². The maximum absolute atomic E-state index is 14.2. The SMILES string of the molecule is C/C=C/COc1ccc(C(=O)Cc2ccc(F)c(CNc3cccnc3N)c2)nc1. The minimum absolute atomic E-state index is 0.119. The smallest absolute Gasteiger partial charge is 0.185 e. The maximum atomic E-state index is 14.2. The molecular weight excluding hydrogens is 383 g/mol. The molecule has 0 saturated heterocycles. The Kier molecular flexibility index (Phi) is 7.10. The summed E-state index contributed by atoms with van der Waals surface area (Å²) in [5, 5.41) is 3.07. The Bertz CT molecular complexity index is 1040. The van der Waals surface area contributed by atoms with Crippen molar-refractivity contribution in [2.75, 3.05) is 17.7 Å². The normalized spacial score (nSPS) is 10.9. The lowest BCUT2D eigenvalue weighted by Crippen LogP contribution is -2.09. The summed E-state index contributed by atoms with van der Waals surface area (Å²) in [5.41, 5.74) is 7.89. The van der Waals surface area contributed by atoms with E-state index in [0.29, 0.717) is 40.7 Å². The number of hydrogen-bond donors (Lipinski definition) is 2. The fraction of sp³-hybridized carbons (Fsp3) is 0.174. The summed E-state index contributed by atoms with van der Waals surface area (Å²) in [4.78, 5) is 20.7. The quantitative estimate of drug-likeness (QED) is 0.409. The monoisotopic (exact) mass is 406 g/mol. The molecule has 0 amide bonds. The van der Waals surface area contributed by atoms with Gasteiger partial charge in [-0.1, -0.05) is 24.3 Å². The number of halogens is 1. The van der Waals surface area contributed by atoms with Crippen LogP contribution < -0.4 is 15.8 Å². The number of pyridine rings is 2. The molecule has 0 bridgehead atoms. The molecule has 0 atom stereocenters. The fourth-order valence-electron chi connectivity index (χ4n) is 2.78. The van der Waals surface area contributed by atoms with E-state index in [1.807, 2.05) is 19.1 Å². The molecule has 1 aromatic carbocycles. The minimum atomic E-state index is -0.359. The number of nitrogens with two attached hydrogens (primary N) is 1. The molecule has 0 aliphatic carbocycles. The second-order valence-corrected chi connectivity index (χ2v) is 6.57. The second-order valence-electron chi connectivity index (χ2n) is 6.57. The van der Waals surface area contributed by atoms with Crippen LogP contribution in [0.25, 0.3) is 0 Å². The number of carbonyl (C=O) groups excluding carboxylic acids is 1. The molecule has 0 saturated carbocycles. The van der Waals surface area contributed by atoms with Gasteiger partial charge >= 0.3 is 0 Å². The molecule has 154 valence electrons. The largest absolute Gasteiger partial charge is 0.488 e. The van der Waals surface area contributed by atoms with E-state index in [9.17, 15) is 9.18 Å². The number of benzene rings is 1. The fourth-order valence-corrected chi connectivity index (χ4v) is 2.78. The molecule has 7 heteroatoms. The Morgan fingerprint density at radius 2 is 2.10 bits per heavy atom. The summed E-state index contributed by atoms with van der Waals surface area (Å²) in [5.74, 6) is 0.418. The molecule has 3 N–H and O–H groups in total. The van der Waals surface area contributed by atoms with Crippen LogP contribution in [0, 0.1) is 5.82 Å². The molecule has 6 nitrogen and oxygen atoms in total. The van der Waals surface area contributed by atoms with Crippen LogP contribution >= 0.6 is 0 Å². The van der Waals surface area contributed by atoms with Gasteiger partial charge in [-0.15, -0.1) is 0 Å². The van der Waals surface area contributed by atoms with Crippen molar-refractivity contribution in [3.8, 4) is 5.75 Å². The van der Waals surface area contributed by atoms with Crippen LogP contribution in [-0.4, -0.2) is 22.4 Å². The number of nitrogen functional groups attached to an aromatic ring is 1. The Hall–Kier alpha value is -3.74. The van der Waals surface area contributed by atoms with Crippen molar-refractivity contribution in [2.24, 2.45) is 0 Å². The van der Waals surface area contributed by atoms with Gasteiger partial charge in [-0.05, 0) is 42.8 Å². The average Bonchev–Trinajstić information content (AvgIpc) is 2.75. The number of aromatic nitrogens is 2. The van der Waals surface area contributed by atoms with Gasteiger partial charge < -0.3 is 15.8 Å². The van der Waals surface area contributed by atoms with Crippen molar-refractivity contribution in [3.05, 3.63) is 89.6 Å². The van der Waals surface area contributed by atoms with Gasteiger partial charge in [0, 0.05) is 24.7 Å². The van der Waals surface area contributed by atoms with Gasteiger partial charge in [0.15, 0.2) is 5.78 Å². The number of ketones is 1. The second kappa shape index (κ2) is 10.2. The number of rotatable bonds is 9. The van der Waals surface area contributed by atoms with Crippen LogP contribution in [-0.2, 0) is 13.0 Å². The number of Topliss-reactive ketones (excluding diaryl/α,β-unsaturated/α-hetero) is 1. The van der Waals surface area contributed by atoms with Crippen molar-refractivity contribution >= 4 is 17.3 Å². The van der Waals surface area contributed by atoms with Crippen molar-refractivity contribution in [2.45, 2.75) is 19.9 Å². The molecule has 0 aliphatic rings. The summed E-state index contributed by atoms with van der Waals surface area (Å²) in [6, 6.07) is 11.5. The first-order chi connectivity index (χ1) is 14.6. The number of hydrogen-bond acceptors (Lipinski definition) is 6. The lowest BCUT2D eigenvalue weighted by Gasteiger charge is -2.10. The van der Waals surface area contributed by atoms with Gasteiger partial charge in [0.2, 0.25) is 0 Å². The van der Waals surface area contributed by atoms with Crippen LogP contribution in [0.3, 0.4) is 0 Å². The van der Waals surface area contributed by atoms with E-state index in [-0.39, 0.29) is 24.6 Å².